The second-order valence-electron chi connectivity index (χ2n) is 7.31. The summed E-state index contributed by atoms with van der Waals surface area (Å²) in [5.74, 6) is 0.878. The minimum atomic E-state index is -0.390. The van der Waals surface area contributed by atoms with Crippen molar-refractivity contribution in [3.63, 3.8) is 0 Å². The molecule has 1 fully saturated rings. The maximum Gasteiger partial charge on any atom is 0.338 e. The summed E-state index contributed by atoms with van der Waals surface area (Å²) in [6, 6.07) is 15.9. The summed E-state index contributed by atoms with van der Waals surface area (Å²) in [4.78, 5) is 23.6. The molecular weight excluding hydrogens is 437 g/mol. The zero-order chi connectivity index (χ0) is 21.4. The molecule has 4 aromatic rings. The molecule has 1 aliphatic rings. The fourth-order valence-corrected chi connectivity index (χ4v) is 4.17. The molecule has 156 valence electrons. The monoisotopic (exact) mass is 453 g/mol. The summed E-state index contributed by atoms with van der Waals surface area (Å²) in [5.41, 5.74) is 2.20. The summed E-state index contributed by atoms with van der Waals surface area (Å²) >= 11 is 12.1. The van der Waals surface area contributed by atoms with E-state index in [9.17, 15) is 4.79 Å². The standard InChI is InChI=1S/C23H17Cl2N3O3/c24-16-9-15(10-17(25)12-16)22-27-19-5-4-14(11-20(19)31-22)23(29)30-18-6-8-28(13-18)21-3-1-2-7-26-21/h1-5,7,9-12,18H,6,8,13H2. The molecule has 5 rings (SSSR count). The average molecular weight is 454 g/mol. The van der Waals surface area contributed by atoms with Gasteiger partial charge in [-0.15, -0.1) is 0 Å². The van der Waals surface area contributed by atoms with Crippen LogP contribution in [0.4, 0.5) is 5.82 Å². The van der Waals surface area contributed by atoms with Crippen molar-refractivity contribution in [2.75, 3.05) is 18.0 Å². The maximum atomic E-state index is 12.7. The normalized spacial score (nSPS) is 16.1. The van der Waals surface area contributed by atoms with E-state index in [4.69, 9.17) is 32.4 Å². The van der Waals surface area contributed by atoms with Gasteiger partial charge in [-0.3, -0.25) is 0 Å². The van der Waals surface area contributed by atoms with E-state index in [1.165, 1.54) is 0 Å². The number of pyridine rings is 1. The third kappa shape index (κ3) is 4.22. The van der Waals surface area contributed by atoms with Crippen molar-refractivity contribution in [3.8, 4) is 11.5 Å². The molecule has 8 heteroatoms. The Morgan fingerprint density at radius 2 is 1.94 bits per heavy atom. The van der Waals surface area contributed by atoms with Crippen molar-refractivity contribution in [1.82, 2.24) is 9.97 Å². The van der Waals surface area contributed by atoms with E-state index in [0.29, 0.717) is 44.7 Å². The zero-order valence-corrected chi connectivity index (χ0v) is 17.8. The van der Waals surface area contributed by atoms with Crippen LogP contribution >= 0.6 is 23.2 Å². The molecule has 1 aliphatic heterocycles. The second-order valence-corrected chi connectivity index (χ2v) is 8.18. The SMILES string of the molecule is O=C(OC1CCN(c2ccccn2)C1)c1ccc2nc(-c3cc(Cl)cc(Cl)c3)oc2c1. The van der Waals surface area contributed by atoms with Crippen molar-refractivity contribution in [1.29, 1.82) is 0 Å². The first-order chi connectivity index (χ1) is 15.0. The smallest absolute Gasteiger partial charge is 0.338 e. The van der Waals surface area contributed by atoms with E-state index in [-0.39, 0.29) is 6.10 Å². The number of nitrogens with zero attached hydrogens (tertiary/aromatic N) is 3. The third-order valence-electron chi connectivity index (χ3n) is 5.13. The molecule has 1 saturated heterocycles. The van der Waals surface area contributed by atoms with Gasteiger partial charge < -0.3 is 14.1 Å². The van der Waals surface area contributed by atoms with Crippen molar-refractivity contribution < 1.29 is 13.9 Å². The first-order valence-corrected chi connectivity index (χ1v) is 10.5. The van der Waals surface area contributed by atoms with E-state index in [0.717, 1.165) is 18.8 Å². The minimum Gasteiger partial charge on any atom is -0.457 e. The summed E-state index contributed by atoms with van der Waals surface area (Å²) in [6.45, 7) is 1.41. The highest BCUT2D eigenvalue weighted by atomic mass is 35.5. The number of oxazole rings is 1. The van der Waals surface area contributed by atoms with Crippen LogP contribution in [0.3, 0.4) is 0 Å². The van der Waals surface area contributed by atoms with Crippen LogP contribution < -0.4 is 4.90 Å². The van der Waals surface area contributed by atoms with E-state index in [2.05, 4.69) is 14.9 Å². The van der Waals surface area contributed by atoms with Gasteiger partial charge in [-0.05, 0) is 48.5 Å². The van der Waals surface area contributed by atoms with Gasteiger partial charge in [-0.1, -0.05) is 29.3 Å². The molecular formula is C23H17Cl2N3O3. The molecule has 0 N–H and O–H groups in total. The molecule has 1 atom stereocenters. The van der Waals surface area contributed by atoms with Crippen LogP contribution in [0.15, 0.2) is 65.2 Å². The molecule has 0 bridgehead atoms. The number of hydrogen-bond acceptors (Lipinski definition) is 6. The highest BCUT2D eigenvalue weighted by Crippen LogP contribution is 2.30. The lowest BCUT2D eigenvalue weighted by molar-refractivity contribution is 0.0348. The molecule has 3 heterocycles. The number of carbonyl (C=O) groups excluding carboxylic acids is 1. The van der Waals surface area contributed by atoms with E-state index < -0.39 is 5.97 Å². The van der Waals surface area contributed by atoms with Crippen LogP contribution in [0.1, 0.15) is 16.8 Å². The van der Waals surface area contributed by atoms with Gasteiger partial charge in [0, 0.05) is 34.8 Å². The number of halogens is 2. The first kappa shape index (κ1) is 19.8. The Bertz CT molecular complexity index is 1240. The van der Waals surface area contributed by atoms with Gasteiger partial charge >= 0.3 is 5.97 Å². The topological polar surface area (TPSA) is 68.5 Å². The van der Waals surface area contributed by atoms with E-state index in [1.807, 2.05) is 18.2 Å². The van der Waals surface area contributed by atoms with E-state index >= 15 is 0 Å². The van der Waals surface area contributed by atoms with Crippen LogP contribution in [-0.4, -0.2) is 35.1 Å². The summed E-state index contributed by atoms with van der Waals surface area (Å²) < 4.78 is 11.6. The second kappa shape index (κ2) is 8.21. The Kier molecular flexibility index (Phi) is 5.26. The molecule has 0 radical (unpaired) electrons. The zero-order valence-electron chi connectivity index (χ0n) is 16.3. The molecule has 6 nitrogen and oxygen atoms in total. The number of aromatic nitrogens is 2. The Morgan fingerprint density at radius 1 is 1.10 bits per heavy atom. The number of anilines is 1. The fourth-order valence-electron chi connectivity index (χ4n) is 3.65. The predicted molar refractivity (Wildman–Crippen MR) is 120 cm³/mol. The number of esters is 1. The average Bonchev–Trinajstić information content (AvgIpc) is 3.40. The molecule has 0 spiro atoms. The number of rotatable bonds is 4. The van der Waals surface area contributed by atoms with Gasteiger partial charge in [0.15, 0.2) is 5.58 Å². The third-order valence-corrected chi connectivity index (χ3v) is 5.56. The summed E-state index contributed by atoms with van der Waals surface area (Å²) in [6.07, 6.45) is 2.32. The van der Waals surface area contributed by atoms with Gasteiger partial charge in [0.05, 0.1) is 12.1 Å². The van der Waals surface area contributed by atoms with Crippen LogP contribution in [-0.2, 0) is 4.74 Å². The first-order valence-electron chi connectivity index (χ1n) is 9.79. The van der Waals surface area contributed by atoms with E-state index in [1.54, 1.807) is 42.6 Å². The quantitative estimate of drug-likeness (QED) is 0.372. The lowest BCUT2D eigenvalue weighted by Gasteiger charge is -2.17. The molecule has 0 saturated carbocycles. The van der Waals surface area contributed by atoms with Crippen molar-refractivity contribution in [2.24, 2.45) is 0 Å². The Hall–Kier alpha value is -3.09. The van der Waals surface area contributed by atoms with Gasteiger partial charge in [-0.2, -0.15) is 0 Å². The lowest BCUT2D eigenvalue weighted by Crippen LogP contribution is -2.25. The number of ether oxygens (including phenoxy) is 1. The predicted octanol–water partition coefficient (Wildman–Crippen LogP) is 5.63. The summed E-state index contributed by atoms with van der Waals surface area (Å²) in [5, 5.41) is 0.982. The van der Waals surface area contributed by atoms with Crippen molar-refractivity contribution in [2.45, 2.75) is 12.5 Å². The molecule has 2 aromatic carbocycles. The molecule has 1 unspecified atom stereocenters. The lowest BCUT2D eigenvalue weighted by atomic mass is 10.2. The van der Waals surface area contributed by atoms with Crippen LogP contribution in [0, 0.1) is 0 Å². The van der Waals surface area contributed by atoms with Gasteiger partial charge in [0.25, 0.3) is 0 Å². The molecule has 0 aliphatic carbocycles. The van der Waals surface area contributed by atoms with Crippen LogP contribution in [0.2, 0.25) is 10.0 Å². The van der Waals surface area contributed by atoms with Gasteiger partial charge in [0.2, 0.25) is 5.89 Å². The van der Waals surface area contributed by atoms with Gasteiger partial charge in [-0.25, -0.2) is 14.8 Å². The molecule has 2 aromatic heterocycles. The number of carbonyl (C=O) groups is 1. The highest BCUT2D eigenvalue weighted by molar-refractivity contribution is 6.35. The highest BCUT2D eigenvalue weighted by Gasteiger charge is 2.27. The Morgan fingerprint density at radius 3 is 2.71 bits per heavy atom. The van der Waals surface area contributed by atoms with Crippen LogP contribution in [0.5, 0.6) is 0 Å². The minimum absolute atomic E-state index is 0.191. The molecule has 0 amide bonds. The maximum absolute atomic E-state index is 12.7. The van der Waals surface area contributed by atoms with Gasteiger partial charge in [0.1, 0.15) is 17.4 Å². The largest absolute Gasteiger partial charge is 0.457 e. The fraction of sp³-hybridized carbons (Fsp3) is 0.174. The number of fused-ring (bicyclic) bond motifs is 1. The Balaban J connectivity index is 1.32. The van der Waals surface area contributed by atoms with Crippen molar-refractivity contribution >= 4 is 46.1 Å². The summed E-state index contributed by atoms with van der Waals surface area (Å²) in [7, 11) is 0. The molecule has 31 heavy (non-hydrogen) atoms. The van der Waals surface area contributed by atoms with Crippen LogP contribution in [0.25, 0.3) is 22.6 Å². The number of benzene rings is 2. The van der Waals surface area contributed by atoms with Crippen molar-refractivity contribution in [3.05, 3.63) is 76.4 Å². The number of hydrogen-bond donors (Lipinski definition) is 0. The Labute approximate surface area is 188 Å².